The molecule has 0 saturated heterocycles. The number of nitrogens with zero attached hydrogens (tertiary/aromatic N) is 1. The molecule has 0 N–H and O–H groups in total. The zero-order valence-electron chi connectivity index (χ0n) is 17.3. The molecule has 0 spiro atoms. The van der Waals surface area contributed by atoms with Crippen LogP contribution in [0.1, 0.15) is 70.8 Å². The van der Waals surface area contributed by atoms with Crippen molar-refractivity contribution in [2.75, 3.05) is 0 Å². The van der Waals surface area contributed by atoms with Gasteiger partial charge in [-0.05, 0) is 62.1 Å². The van der Waals surface area contributed by atoms with Crippen LogP contribution in [0.3, 0.4) is 0 Å². The van der Waals surface area contributed by atoms with E-state index in [0.29, 0.717) is 22.7 Å². The van der Waals surface area contributed by atoms with Gasteiger partial charge in [0.1, 0.15) is 11.9 Å². The highest BCUT2D eigenvalue weighted by Crippen LogP contribution is 2.47. The minimum Gasteiger partial charge on any atom is -0.459 e. The first-order valence-electron chi connectivity index (χ1n) is 10.5. The van der Waals surface area contributed by atoms with Crippen molar-refractivity contribution in [3.8, 4) is 0 Å². The second kappa shape index (κ2) is 7.71. The molecule has 2 saturated carbocycles. The van der Waals surface area contributed by atoms with E-state index in [9.17, 15) is 9.59 Å². The molecule has 0 aromatic heterocycles. The molecule has 5 heteroatoms. The number of ether oxygens (including phenoxy) is 1. The van der Waals surface area contributed by atoms with Gasteiger partial charge in [-0.25, -0.2) is 4.79 Å². The van der Waals surface area contributed by atoms with Crippen molar-refractivity contribution >= 4 is 29.1 Å². The molecule has 4 nitrogen and oxygen atoms in total. The topological polar surface area (TPSA) is 55.7 Å². The van der Waals surface area contributed by atoms with Gasteiger partial charge in [0, 0.05) is 28.8 Å². The highest BCUT2D eigenvalue weighted by atomic mass is 35.5. The molecule has 0 bridgehead atoms. The van der Waals surface area contributed by atoms with Gasteiger partial charge in [0.2, 0.25) is 0 Å². The summed E-state index contributed by atoms with van der Waals surface area (Å²) in [7, 11) is 0. The average molecular weight is 414 g/mol. The smallest absolute Gasteiger partial charge is 0.336 e. The monoisotopic (exact) mass is 413 g/mol. The van der Waals surface area contributed by atoms with Crippen LogP contribution in [0.25, 0.3) is 0 Å². The third kappa shape index (κ3) is 4.05. The minimum absolute atomic E-state index is 0.0277. The van der Waals surface area contributed by atoms with Gasteiger partial charge in [-0.2, -0.15) is 0 Å². The predicted octanol–water partition coefficient (Wildman–Crippen LogP) is 5.64. The van der Waals surface area contributed by atoms with Crippen molar-refractivity contribution in [3.63, 3.8) is 0 Å². The Morgan fingerprint density at radius 1 is 1.10 bits per heavy atom. The SMILES string of the molecule is CC1=C(C(=O)OC2CCCC2)C(c2ccc(Cl)cc2)C2C(=O)CC(C)(C)CC2=N1. The number of allylic oxidation sites excluding steroid dienone is 1. The molecular weight excluding hydrogens is 386 g/mol. The van der Waals surface area contributed by atoms with E-state index in [0.717, 1.165) is 43.4 Å². The van der Waals surface area contributed by atoms with Crippen LogP contribution in [-0.4, -0.2) is 23.6 Å². The number of benzene rings is 1. The molecule has 1 aromatic rings. The number of ketones is 1. The van der Waals surface area contributed by atoms with Crippen LogP contribution in [0.2, 0.25) is 5.02 Å². The summed E-state index contributed by atoms with van der Waals surface area (Å²) in [6.07, 6.45) is 5.23. The van der Waals surface area contributed by atoms with Gasteiger partial charge in [-0.1, -0.05) is 37.6 Å². The maximum Gasteiger partial charge on any atom is 0.336 e. The molecular formula is C24H28ClNO3. The van der Waals surface area contributed by atoms with Crippen LogP contribution in [0.5, 0.6) is 0 Å². The summed E-state index contributed by atoms with van der Waals surface area (Å²) in [6, 6.07) is 7.46. The Hall–Kier alpha value is -1.94. The zero-order valence-corrected chi connectivity index (χ0v) is 18.1. The molecule has 1 aromatic carbocycles. The summed E-state index contributed by atoms with van der Waals surface area (Å²) in [5.74, 6) is -0.940. The van der Waals surface area contributed by atoms with Crippen molar-refractivity contribution in [2.24, 2.45) is 16.3 Å². The first-order valence-corrected chi connectivity index (χ1v) is 10.9. The second-order valence-electron chi connectivity index (χ2n) is 9.40. The largest absolute Gasteiger partial charge is 0.459 e. The number of hydrogen-bond acceptors (Lipinski definition) is 4. The van der Waals surface area contributed by atoms with Crippen molar-refractivity contribution in [2.45, 2.75) is 71.3 Å². The van der Waals surface area contributed by atoms with Crippen molar-refractivity contribution < 1.29 is 14.3 Å². The molecule has 29 heavy (non-hydrogen) atoms. The first-order chi connectivity index (χ1) is 13.7. The van der Waals surface area contributed by atoms with E-state index in [4.69, 9.17) is 21.3 Å². The standard InChI is InChI=1S/C24H28ClNO3/c1-14-20(23(28)29-17-6-4-5-7-17)21(15-8-10-16(25)11-9-15)22-18(26-14)12-24(2,3)13-19(22)27/h8-11,17,21-22H,4-7,12-13H2,1-3H3. The number of fused-ring (bicyclic) bond motifs is 1. The second-order valence-corrected chi connectivity index (χ2v) is 9.84. The number of aliphatic imine (C=N–C) groups is 1. The van der Waals surface area contributed by atoms with Gasteiger partial charge in [0.25, 0.3) is 0 Å². The number of carbonyl (C=O) groups excluding carboxylic acids is 2. The van der Waals surface area contributed by atoms with Crippen molar-refractivity contribution in [1.29, 1.82) is 0 Å². The maximum atomic E-state index is 13.2. The zero-order chi connectivity index (χ0) is 20.8. The van der Waals surface area contributed by atoms with E-state index in [2.05, 4.69) is 13.8 Å². The lowest BCUT2D eigenvalue weighted by atomic mass is 9.63. The predicted molar refractivity (Wildman–Crippen MR) is 114 cm³/mol. The van der Waals surface area contributed by atoms with E-state index >= 15 is 0 Å². The number of esters is 1. The lowest BCUT2D eigenvalue weighted by molar-refractivity contribution is -0.144. The van der Waals surface area contributed by atoms with Crippen LogP contribution in [-0.2, 0) is 14.3 Å². The summed E-state index contributed by atoms with van der Waals surface area (Å²) in [5.41, 5.74) is 2.89. The molecule has 4 rings (SSSR count). The molecule has 3 aliphatic rings. The number of Topliss-reactive ketones (excluding diaryl/α,β-unsaturated/α-hetero) is 1. The van der Waals surface area contributed by atoms with Crippen LogP contribution in [0.4, 0.5) is 0 Å². The molecule has 2 atom stereocenters. The molecule has 2 aliphatic carbocycles. The summed E-state index contributed by atoms with van der Waals surface area (Å²) in [4.78, 5) is 31.2. The van der Waals surface area contributed by atoms with Gasteiger partial charge in [-0.15, -0.1) is 0 Å². The summed E-state index contributed by atoms with van der Waals surface area (Å²) in [6.45, 7) is 6.07. The molecule has 154 valence electrons. The Bertz CT molecular complexity index is 891. The van der Waals surface area contributed by atoms with Gasteiger partial charge in [-0.3, -0.25) is 9.79 Å². The van der Waals surface area contributed by atoms with E-state index in [-0.39, 0.29) is 29.2 Å². The van der Waals surface area contributed by atoms with Gasteiger partial charge < -0.3 is 4.74 Å². The normalized spacial score (nSPS) is 26.9. The lowest BCUT2D eigenvalue weighted by Crippen LogP contribution is -2.44. The minimum atomic E-state index is -0.404. The fourth-order valence-electron chi connectivity index (χ4n) is 5.11. The van der Waals surface area contributed by atoms with Crippen LogP contribution >= 0.6 is 11.6 Å². The lowest BCUT2D eigenvalue weighted by Gasteiger charge is -2.41. The van der Waals surface area contributed by atoms with Gasteiger partial charge in [0.15, 0.2) is 0 Å². The molecule has 1 heterocycles. The summed E-state index contributed by atoms with van der Waals surface area (Å²) in [5, 5.41) is 0.630. The number of rotatable bonds is 3. The fourth-order valence-corrected chi connectivity index (χ4v) is 5.24. The van der Waals surface area contributed by atoms with E-state index in [1.54, 1.807) is 0 Å². The fraction of sp³-hybridized carbons (Fsp3) is 0.542. The van der Waals surface area contributed by atoms with Crippen LogP contribution in [0, 0.1) is 11.3 Å². The Balaban J connectivity index is 1.78. The van der Waals surface area contributed by atoms with E-state index < -0.39 is 5.92 Å². The molecule has 2 unspecified atom stereocenters. The average Bonchev–Trinajstić information content (AvgIpc) is 3.13. The van der Waals surface area contributed by atoms with Crippen molar-refractivity contribution in [3.05, 3.63) is 46.1 Å². The highest BCUT2D eigenvalue weighted by molar-refractivity contribution is 6.30. The van der Waals surface area contributed by atoms with Gasteiger partial charge in [0.05, 0.1) is 11.5 Å². The molecule has 2 fully saturated rings. The number of halogens is 1. The Morgan fingerprint density at radius 3 is 2.41 bits per heavy atom. The maximum absolute atomic E-state index is 13.2. The summed E-state index contributed by atoms with van der Waals surface area (Å²) >= 11 is 6.10. The Kier molecular flexibility index (Phi) is 5.41. The first kappa shape index (κ1) is 20.3. The quantitative estimate of drug-likeness (QED) is 0.602. The van der Waals surface area contributed by atoms with E-state index in [1.807, 2.05) is 31.2 Å². The van der Waals surface area contributed by atoms with Gasteiger partial charge >= 0.3 is 5.97 Å². The molecule has 1 aliphatic heterocycles. The molecule has 0 amide bonds. The molecule has 0 radical (unpaired) electrons. The van der Waals surface area contributed by atoms with Crippen LogP contribution in [0.15, 0.2) is 40.5 Å². The highest BCUT2D eigenvalue weighted by Gasteiger charge is 2.47. The number of hydrogen-bond donors (Lipinski definition) is 0. The van der Waals surface area contributed by atoms with Crippen molar-refractivity contribution in [1.82, 2.24) is 0 Å². The number of carbonyl (C=O) groups is 2. The Morgan fingerprint density at radius 2 is 1.76 bits per heavy atom. The summed E-state index contributed by atoms with van der Waals surface area (Å²) < 4.78 is 5.85. The Labute approximate surface area is 177 Å². The third-order valence-electron chi connectivity index (χ3n) is 6.39. The van der Waals surface area contributed by atoms with Crippen LogP contribution < -0.4 is 0 Å². The van der Waals surface area contributed by atoms with E-state index in [1.165, 1.54) is 0 Å². The third-order valence-corrected chi connectivity index (χ3v) is 6.64.